The zero-order valence-electron chi connectivity index (χ0n) is 14.9. The van der Waals surface area contributed by atoms with Crippen molar-refractivity contribution < 1.29 is 18.9 Å². The zero-order chi connectivity index (χ0) is 18.0. The van der Waals surface area contributed by atoms with Gasteiger partial charge in [-0.1, -0.05) is 30.3 Å². The van der Waals surface area contributed by atoms with E-state index < -0.39 is 18.3 Å². The van der Waals surface area contributed by atoms with Gasteiger partial charge in [-0.05, 0) is 38.7 Å². The first-order valence-corrected chi connectivity index (χ1v) is 8.01. The summed E-state index contributed by atoms with van der Waals surface area (Å²) in [5.41, 5.74) is 1.16. The predicted octanol–water partition coefficient (Wildman–Crippen LogP) is 2.65. The third kappa shape index (κ3) is 3.94. The Labute approximate surface area is 143 Å². The van der Waals surface area contributed by atoms with Gasteiger partial charge < -0.3 is 14.6 Å². The van der Waals surface area contributed by atoms with Crippen LogP contribution in [0.1, 0.15) is 50.5 Å². The first-order valence-electron chi connectivity index (χ1n) is 8.01. The highest BCUT2D eigenvalue weighted by Crippen LogP contribution is 2.38. The number of benzene rings is 1. The summed E-state index contributed by atoms with van der Waals surface area (Å²) in [5.74, 6) is -0.138. The summed E-state index contributed by atoms with van der Waals surface area (Å²) in [4.78, 5) is 22.6. The van der Waals surface area contributed by atoms with E-state index in [1.54, 1.807) is 6.07 Å². The van der Waals surface area contributed by atoms with Gasteiger partial charge in [0.1, 0.15) is 0 Å². The molecular formula is C18H24BNO4. The van der Waals surface area contributed by atoms with E-state index in [-0.39, 0.29) is 5.91 Å². The number of hydrogen-bond donors (Lipinski definition) is 1. The molecule has 6 heteroatoms. The second-order valence-corrected chi connectivity index (χ2v) is 6.96. The van der Waals surface area contributed by atoms with Gasteiger partial charge in [0.25, 0.3) is 0 Å². The van der Waals surface area contributed by atoms with E-state index in [1.807, 2.05) is 52.0 Å². The molecule has 128 valence electrons. The van der Waals surface area contributed by atoms with E-state index in [0.29, 0.717) is 12.1 Å². The highest BCUT2D eigenvalue weighted by atomic mass is 16.7. The van der Waals surface area contributed by atoms with Crippen LogP contribution < -0.4 is 5.32 Å². The summed E-state index contributed by atoms with van der Waals surface area (Å²) in [6, 6.07) is 7.27. The van der Waals surface area contributed by atoms with Crippen molar-refractivity contribution in [3.8, 4) is 0 Å². The number of rotatable bonds is 5. The van der Waals surface area contributed by atoms with Crippen molar-refractivity contribution in [2.45, 2.75) is 45.8 Å². The minimum atomic E-state index is -0.582. The summed E-state index contributed by atoms with van der Waals surface area (Å²) >= 11 is 0. The van der Waals surface area contributed by atoms with Gasteiger partial charge in [-0.2, -0.15) is 0 Å². The molecule has 1 fully saturated rings. The Kier molecular flexibility index (Phi) is 5.30. The molecule has 1 aromatic carbocycles. The minimum Gasteiger partial charge on any atom is -0.400 e. The van der Waals surface area contributed by atoms with Crippen LogP contribution in [0.25, 0.3) is 6.08 Å². The van der Waals surface area contributed by atoms with Crippen LogP contribution in [0.3, 0.4) is 0 Å². The Morgan fingerprint density at radius 2 is 1.67 bits per heavy atom. The van der Waals surface area contributed by atoms with Crippen molar-refractivity contribution in [3.63, 3.8) is 0 Å². The molecule has 0 aliphatic carbocycles. The summed E-state index contributed by atoms with van der Waals surface area (Å²) in [6.07, 6.45) is 2.66. The normalized spacial score (nSPS) is 19.2. The molecule has 0 spiro atoms. The summed E-state index contributed by atoms with van der Waals surface area (Å²) in [7, 11) is -0.582. The van der Waals surface area contributed by atoms with Crippen molar-refractivity contribution in [2.24, 2.45) is 0 Å². The molecule has 0 bridgehead atoms. The van der Waals surface area contributed by atoms with Crippen molar-refractivity contribution in [1.29, 1.82) is 0 Å². The lowest BCUT2D eigenvalue weighted by atomic mass is 9.76. The van der Waals surface area contributed by atoms with Gasteiger partial charge in [-0.25, -0.2) is 0 Å². The van der Waals surface area contributed by atoms with Crippen LogP contribution in [0.2, 0.25) is 0 Å². The Morgan fingerprint density at radius 3 is 2.17 bits per heavy atom. The molecule has 0 saturated carbocycles. The molecule has 1 aromatic rings. The molecule has 5 nitrogen and oxygen atoms in total. The Bertz CT molecular complexity index is 651. The van der Waals surface area contributed by atoms with E-state index >= 15 is 0 Å². The summed E-state index contributed by atoms with van der Waals surface area (Å²) in [6.45, 7) is 9.65. The van der Waals surface area contributed by atoms with Gasteiger partial charge in [0.05, 0.1) is 11.2 Å². The number of carbonyl (C=O) groups excluding carboxylic acids is 2. The summed E-state index contributed by atoms with van der Waals surface area (Å²) < 4.78 is 12.1. The van der Waals surface area contributed by atoms with Crippen LogP contribution in [-0.2, 0) is 14.1 Å². The van der Waals surface area contributed by atoms with Gasteiger partial charge in [-0.3, -0.25) is 9.59 Å². The number of aldehydes is 1. The van der Waals surface area contributed by atoms with Gasteiger partial charge in [0.15, 0.2) is 6.29 Å². The highest BCUT2D eigenvalue weighted by molar-refractivity contribution is 6.56. The fraction of sp³-hybridized carbons (Fsp3) is 0.444. The molecule has 0 unspecified atom stereocenters. The second-order valence-electron chi connectivity index (χ2n) is 6.96. The SMILES string of the molecule is CC(=O)NCC(=Cc1ccccc1C=O)B1OC(C)(C)C(C)(C)O1. The highest BCUT2D eigenvalue weighted by Gasteiger charge is 2.52. The first kappa shape index (κ1) is 18.4. The average molecular weight is 329 g/mol. The molecule has 1 aliphatic rings. The van der Waals surface area contributed by atoms with Gasteiger partial charge in [0, 0.05) is 19.0 Å². The third-order valence-corrected chi connectivity index (χ3v) is 4.56. The maximum Gasteiger partial charge on any atom is 0.492 e. The average Bonchev–Trinajstić information content (AvgIpc) is 2.71. The lowest BCUT2D eigenvalue weighted by Gasteiger charge is -2.32. The Balaban J connectivity index is 2.37. The standard InChI is InChI=1S/C18H24BNO4/c1-13(22)20-11-16(10-14-8-6-7-9-15(14)12-21)19-23-17(2,3)18(4,5)24-19/h6-10,12H,11H2,1-5H3,(H,20,22). The van der Waals surface area contributed by atoms with Crippen molar-refractivity contribution in [3.05, 3.63) is 40.9 Å². The quantitative estimate of drug-likeness (QED) is 0.666. The van der Waals surface area contributed by atoms with Crippen molar-refractivity contribution in [1.82, 2.24) is 5.32 Å². The molecule has 1 amide bonds. The Morgan fingerprint density at radius 1 is 1.12 bits per heavy atom. The first-order chi connectivity index (χ1) is 11.2. The van der Waals surface area contributed by atoms with Crippen molar-refractivity contribution in [2.75, 3.05) is 6.54 Å². The maximum atomic E-state index is 11.3. The van der Waals surface area contributed by atoms with Crippen LogP contribution in [-0.4, -0.2) is 37.1 Å². The maximum absolute atomic E-state index is 11.3. The van der Waals surface area contributed by atoms with Gasteiger partial charge in [0.2, 0.25) is 5.91 Å². The van der Waals surface area contributed by atoms with E-state index in [2.05, 4.69) is 5.32 Å². The van der Waals surface area contributed by atoms with Crippen LogP contribution in [0.4, 0.5) is 0 Å². The lowest BCUT2D eigenvalue weighted by Crippen LogP contribution is -2.41. The minimum absolute atomic E-state index is 0.138. The molecule has 1 aliphatic heterocycles. The largest absolute Gasteiger partial charge is 0.492 e. The molecule has 1 saturated heterocycles. The zero-order valence-corrected chi connectivity index (χ0v) is 14.9. The van der Waals surface area contributed by atoms with E-state index in [9.17, 15) is 9.59 Å². The molecule has 0 aromatic heterocycles. The van der Waals surface area contributed by atoms with Crippen LogP contribution >= 0.6 is 0 Å². The van der Waals surface area contributed by atoms with Crippen LogP contribution in [0, 0.1) is 0 Å². The van der Waals surface area contributed by atoms with Crippen LogP contribution in [0.15, 0.2) is 29.7 Å². The second kappa shape index (κ2) is 6.91. The Hall–Kier alpha value is -1.92. The fourth-order valence-corrected chi connectivity index (χ4v) is 2.37. The molecule has 0 radical (unpaired) electrons. The topological polar surface area (TPSA) is 64.6 Å². The monoisotopic (exact) mass is 329 g/mol. The smallest absolute Gasteiger partial charge is 0.400 e. The van der Waals surface area contributed by atoms with E-state index in [1.165, 1.54) is 6.92 Å². The predicted molar refractivity (Wildman–Crippen MR) is 94.6 cm³/mol. The molecular weight excluding hydrogens is 305 g/mol. The number of hydrogen-bond acceptors (Lipinski definition) is 4. The van der Waals surface area contributed by atoms with Gasteiger partial charge >= 0.3 is 7.12 Å². The van der Waals surface area contributed by atoms with Gasteiger partial charge in [-0.15, -0.1) is 0 Å². The fourth-order valence-electron chi connectivity index (χ4n) is 2.37. The molecule has 1 N–H and O–H groups in total. The van der Waals surface area contributed by atoms with Crippen LogP contribution in [0.5, 0.6) is 0 Å². The number of nitrogens with one attached hydrogen (secondary N) is 1. The van der Waals surface area contributed by atoms with Crippen molar-refractivity contribution >= 4 is 25.4 Å². The van der Waals surface area contributed by atoms with E-state index in [0.717, 1.165) is 17.3 Å². The number of carbonyl (C=O) groups is 2. The lowest BCUT2D eigenvalue weighted by molar-refractivity contribution is -0.118. The molecule has 24 heavy (non-hydrogen) atoms. The molecule has 0 atom stereocenters. The molecule has 1 heterocycles. The summed E-state index contributed by atoms with van der Waals surface area (Å²) in [5, 5.41) is 2.78. The molecule has 2 rings (SSSR count). The third-order valence-electron chi connectivity index (χ3n) is 4.56. The van der Waals surface area contributed by atoms with E-state index in [4.69, 9.17) is 9.31 Å². The number of amides is 1.